The van der Waals surface area contributed by atoms with Gasteiger partial charge in [-0.05, 0) is 67.5 Å². The molecule has 0 amide bonds. The minimum absolute atomic E-state index is 0.0286. The Balaban J connectivity index is 1.56. The Hall–Kier alpha value is -3.50. The minimum atomic E-state index is -0.541. The van der Waals surface area contributed by atoms with E-state index >= 15 is 0 Å². The number of fused-ring (bicyclic) bond motifs is 1. The number of hydrogen-bond acceptors (Lipinski definition) is 5. The molecule has 6 nitrogen and oxygen atoms in total. The Bertz CT molecular complexity index is 1430. The Kier molecular flexibility index (Phi) is 5.62. The molecule has 3 heterocycles. The fourth-order valence-electron chi connectivity index (χ4n) is 5.36. The van der Waals surface area contributed by atoms with Crippen molar-refractivity contribution in [3.63, 3.8) is 0 Å². The normalized spacial score (nSPS) is 20.1. The third kappa shape index (κ3) is 4.12. The molecule has 0 radical (unpaired) electrons. The summed E-state index contributed by atoms with van der Waals surface area (Å²) in [5.74, 6) is 0.769. The van der Waals surface area contributed by atoms with Crippen LogP contribution in [0.2, 0.25) is 0 Å². The monoisotopic (exact) mass is 468 g/mol. The van der Waals surface area contributed by atoms with Crippen LogP contribution < -0.4 is 16.6 Å². The van der Waals surface area contributed by atoms with Crippen LogP contribution in [0, 0.1) is 17.1 Å². The van der Waals surface area contributed by atoms with Crippen LogP contribution in [0.4, 0.5) is 4.39 Å². The van der Waals surface area contributed by atoms with Crippen LogP contribution in [0.1, 0.15) is 55.6 Å². The summed E-state index contributed by atoms with van der Waals surface area (Å²) in [4.78, 5) is 12.4. The van der Waals surface area contributed by atoms with E-state index < -0.39 is 5.82 Å². The van der Waals surface area contributed by atoms with Crippen molar-refractivity contribution in [2.45, 2.75) is 50.5 Å². The van der Waals surface area contributed by atoms with Gasteiger partial charge in [0.15, 0.2) is 5.49 Å². The number of hydrogen-bond donors (Lipinski definition) is 1. The van der Waals surface area contributed by atoms with Crippen LogP contribution >= 0.6 is 0 Å². The zero-order chi connectivity index (χ0) is 23.9. The Morgan fingerprint density at radius 3 is 2.63 bits per heavy atom. The first kappa shape index (κ1) is 22.0. The molecule has 1 saturated heterocycles. The molecule has 1 aliphatic carbocycles. The van der Waals surface area contributed by atoms with Crippen molar-refractivity contribution in [1.29, 1.82) is 5.26 Å². The first-order valence-electron chi connectivity index (χ1n) is 12.6. The van der Waals surface area contributed by atoms with Gasteiger partial charge >= 0.3 is 0 Å². The second-order valence-corrected chi connectivity index (χ2v) is 9.90. The van der Waals surface area contributed by atoms with Crippen molar-refractivity contribution >= 4 is 5.70 Å². The molecule has 178 valence electrons. The van der Waals surface area contributed by atoms with Crippen LogP contribution in [-0.4, -0.2) is 40.1 Å². The topological polar surface area (TPSA) is 83.2 Å². The van der Waals surface area contributed by atoms with Crippen molar-refractivity contribution in [3.8, 4) is 23.1 Å². The van der Waals surface area contributed by atoms with E-state index in [9.17, 15) is 9.65 Å². The standard InChI is InChI=1S/C28H29FN6/c29-24-15-20(6-7-21(24)16-30)27-33-26-25(34-14-2-1-3-22(31)17-34)12-13-32-28(26)35(27)23-10-8-19(9-11-23)18-4-5-18/h6-11,15,18,22H,1-5,12-14,17,31H2/t22-/m1/s1. The van der Waals surface area contributed by atoms with Gasteiger partial charge in [0, 0.05) is 49.0 Å². The van der Waals surface area contributed by atoms with Crippen LogP contribution in [0.5, 0.6) is 0 Å². The van der Waals surface area contributed by atoms with E-state index in [1.807, 2.05) is 10.6 Å². The largest absolute Gasteiger partial charge is 0.371 e. The van der Waals surface area contributed by atoms with Gasteiger partial charge in [-0.15, -0.1) is 0 Å². The molecule has 3 aromatic rings. The van der Waals surface area contributed by atoms with Crippen molar-refractivity contribution in [1.82, 2.24) is 14.5 Å². The van der Waals surface area contributed by atoms with Gasteiger partial charge < -0.3 is 10.6 Å². The number of rotatable bonds is 4. The molecular weight excluding hydrogens is 439 g/mol. The molecule has 35 heavy (non-hydrogen) atoms. The fraction of sp³-hybridized carbons (Fsp3) is 0.393. The predicted molar refractivity (Wildman–Crippen MR) is 133 cm³/mol. The van der Waals surface area contributed by atoms with Crippen molar-refractivity contribution in [2.75, 3.05) is 19.6 Å². The van der Waals surface area contributed by atoms with E-state index in [1.54, 1.807) is 6.07 Å². The van der Waals surface area contributed by atoms with E-state index in [1.165, 1.54) is 36.2 Å². The van der Waals surface area contributed by atoms with Crippen molar-refractivity contribution in [2.24, 2.45) is 10.7 Å². The summed E-state index contributed by atoms with van der Waals surface area (Å²) in [5, 5.41) is 10.1. The van der Waals surface area contributed by atoms with Crippen LogP contribution in [0.25, 0.3) is 22.8 Å². The summed E-state index contributed by atoms with van der Waals surface area (Å²) in [5.41, 5.74) is 11.3. The fourth-order valence-corrected chi connectivity index (χ4v) is 5.36. The molecule has 2 aliphatic heterocycles. The van der Waals surface area contributed by atoms with Crippen molar-refractivity contribution in [3.05, 3.63) is 70.2 Å². The molecule has 1 aromatic heterocycles. The number of nitriles is 1. The summed E-state index contributed by atoms with van der Waals surface area (Å²) in [6.45, 7) is 2.46. The van der Waals surface area contributed by atoms with Gasteiger partial charge in [0.25, 0.3) is 0 Å². The number of likely N-dealkylation sites (tertiary alicyclic amines) is 1. The van der Waals surface area contributed by atoms with Crippen molar-refractivity contribution < 1.29 is 4.39 Å². The molecule has 1 saturated carbocycles. The summed E-state index contributed by atoms with van der Waals surface area (Å²) in [7, 11) is 0. The molecule has 6 rings (SSSR count). The van der Waals surface area contributed by atoms with Gasteiger partial charge in [0.1, 0.15) is 23.1 Å². The first-order valence-corrected chi connectivity index (χ1v) is 12.6. The van der Waals surface area contributed by atoms with E-state index in [-0.39, 0.29) is 11.6 Å². The lowest BCUT2D eigenvalue weighted by atomic mass is 10.1. The quantitative estimate of drug-likeness (QED) is 0.636. The lowest BCUT2D eigenvalue weighted by Gasteiger charge is -2.27. The average Bonchev–Trinajstić information content (AvgIpc) is 3.68. The first-order chi connectivity index (χ1) is 17.1. The zero-order valence-electron chi connectivity index (χ0n) is 19.8. The second kappa shape index (κ2) is 8.94. The summed E-state index contributed by atoms with van der Waals surface area (Å²) >= 11 is 0. The Labute approximate surface area is 204 Å². The molecule has 2 N–H and O–H groups in total. The highest BCUT2D eigenvalue weighted by Crippen LogP contribution is 2.40. The van der Waals surface area contributed by atoms with Gasteiger partial charge in [-0.2, -0.15) is 5.26 Å². The SMILES string of the molecule is N#Cc1ccc(-c2nc3c(n2-c2ccc(C4CC4)cc2)=NCCC=3N2CCCC[C@@H](N)C2)cc1F. The Morgan fingerprint density at radius 1 is 1.06 bits per heavy atom. The third-order valence-electron chi connectivity index (χ3n) is 7.37. The molecule has 2 fully saturated rings. The summed E-state index contributed by atoms with van der Waals surface area (Å²) in [6.07, 6.45) is 6.61. The number of nitrogens with zero attached hydrogens (tertiary/aromatic N) is 5. The second-order valence-electron chi connectivity index (χ2n) is 9.90. The molecule has 0 bridgehead atoms. The highest BCUT2D eigenvalue weighted by atomic mass is 19.1. The van der Waals surface area contributed by atoms with E-state index in [0.29, 0.717) is 23.9 Å². The molecule has 2 aromatic carbocycles. The van der Waals surface area contributed by atoms with Gasteiger partial charge in [0.2, 0.25) is 0 Å². The molecule has 0 spiro atoms. The maximum atomic E-state index is 14.6. The highest BCUT2D eigenvalue weighted by Gasteiger charge is 2.25. The molecule has 7 heteroatoms. The number of benzene rings is 2. The number of aromatic nitrogens is 2. The van der Waals surface area contributed by atoms with Crippen LogP contribution in [0.3, 0.4) is 0 Å². The molecule has 3 aliphatic rings. The van der Waals surface area contributed by atoms with E-state index in [0.717, 1.165) is 55.3 Å². The number of imidazole rings is 1. The molecule has 1 atom stereocenters. The minimum Gasteiger partial charge on any atom is -0.371 e. The molecular formula is C28H29FN6. The predicted octanol–water partition coefficient (Wildman–Crippen LogP) is 3.37. The number of halogens is 1. The van der Waals surface area contributed by atoms with Gasteiger partial charge in [-0.3, -0.25) is 9.56 Å². The lowest BCUT2D eigenvalue weighted by molar-refractivity contribution is 0.375. The van der Waals surface area contributed by atoms with Gasteiger partial charge in [-0.25, -0.2) is 9.37 Å². The third-order valence-corrected chi connectivity index (χ3v) is 7.37. The summed E-state index contributed by atoms with van der Waals surface area (Å²) < 4.78 is 16.7. The highest BCUT2D eigenvalue weighted by molar-refractivity contribution is 5.61. The molecule has 0 unspecified atom stereocenters. The smallest absolute Gasteiger partial charge is 0.162 e. The zero-order valence-corrected chi connectivity index (χ0v) is 19.8. The maximum absolute atomic E-state index is 14.6. The van der Waals surface area contributed by atoms with Gasteiger partial charge in [-0.1, -0.05) is 18.6 Å². The van der Waals surface area contributed by atoms with E-state index in [2.05, 4.69) is 29.2 Å². The van der Waals surface area contributed by atoms with Crippen LogP contribution in [0.15, 0.2) is 47.5 Å². The van der Waals surface area contributed by atoms with Crippen LogP contribution in [-0.2, 0) is 0 Å². The summed E-state index contributed by atoms with van der Waals surface area (Å²) in [6, 6.07) is 15.4. The van der Waals surface area contributed by atoms with Gasteiger partial charge in [0.05, 0.1) is 5.56 Å². The Morgan fingerprint density at radius 2 is 1.89 bits per heavy atom. The average molecular weight is 469 g/mol. The van der Waals surface area contributed by atoms with E-state index in [4.69, 9.17) is 15.7 Å². The lowest BCUT2D eigenvalue weighted by Crippen LogP contribution is -2.43. The number of nitrogens with two attached hydrogens (primary N) is 1. The maximum Gasteiger partial charge on any atom is 0.162 e.